The van der Waals surface area contributed by atoms with Crippen molar-refractivity contribution in [1.82, 2.24) is 5.32 Å². The van der Waals surface area contributed by atoms with E-state index in [-0.39, 0.29) is 22.5 Å². The molecule has 0 saturated heterocycles. The van der Waals surface area contributed by atoms with Gasteiger partial charge in [0.1, 0.15) is 0 Å². The van der Waals surface area contributed by atoms with Crippen LogP contribution in [0.1, 0.15) is 37.6 Å². The zero-order valence-electron chi connectivity index (χ0n) is 10.6. The zero-order valence-corrected chi connectivity index (χ0v) is 11.3. The van der Waals surface area contributed by atoms with Gasteiger partial charge >= 0.3 is 0 Å². The topological polar surface area (TPSA) is 29.1 Å². The van der Waals surface area contributed by atoms with Gasteiger partial charge in [0, 0.05) is 6.04 Å². The number of amides is 1. The van der Waals surface area contributed by atoms with Crippen LogP contribution in [0.15, 0.2) is 12.1 Å². The van der Waals surface area contributed by atoms with E-state index in [1.807, 2.05) is 20.8 Å². The molecule has 0 bridgehead atoms. The quantitative estimate of drug-likeness (QED) is 0.833. The molecular formula is C13H16ClF2NO. The van der Waals surface area contributed by atoms with Gasteiger partial charge in [-0.3, -0.25) is 4.79 Å². The largest absolute Gasteiger partial charge is 0.349 e. The SMILES string of the molecule is CCC(C)C(C)NC(=O)c1cc(F)c(F)cc1Cl. The molecule has 2 unspecified atom stereocenters. The van der Waals surface area contributed by atoms with Gasteiger partial charge in [-0.05, 0) is 25.0 Å². The van der Waals surface area contributed by atoms with E-state index < -0.39 is 17.5 Å². The van der Waals surface area contributed by atoms with Gasteiger partial charge in [0.25, 0.3) is 5.91 Å². The summed E-state index contributed by atoms with van der Waals surface area (Å²) in [6.07, 6.45) is 0.910. The van der Waals surface area contributed by atoms with E-state index in [9.17, 15) is 13.6 Å². The molecule has 0 fully saturated rings. The summed E-state index contributed by atoms with van der Waals surface area (Å²) in [5.74, 6) is -2.35. The fraction of sp³-hybridized carbons (Fsp3) is 0.462. The molecule has 0 radical (unpaired) electrons. The minimum Gasteiger partial charge on any atom is -0.349 e. The summed E-state index contributed by atoms with van der Waals surface area (Å²) in [4.78, 5) is 11.9. The van der Waals surface area contributed by atoms with Gasteiger partial charge in [0.15, 0.2) is 11.6 Å². The Morgan fingerprint density at radius 2 is 1.89 bits per heavy atom. The molecule has 18 heavy (non-hydrogen) atoms. The molecule has 0 saturated carbocycles. The average Bonchev–Trinajstić information content (AvgIpc) is 2.32. The van der Waals surface area contributed by atoms with Crippen LogP contribution in [0.4, 0.5) is 8.78 Å². The van der Waals surface area contributed by atoms with Crippen molar-refractivity contribution < 1.29 is 13.6 Å². The molecule has 0 spiro atoms. The fourth-order valence-electron chi connectivity index (χ4n) is 1.48. The van der Waals surface area contributed by atoms with E-state index >= 15 is 0 Å². The van der Waals surface area contributed by atoms with Crippen LogP contribution in [0, 0.1) is 17.6 Å². The Bertz CT molecular complexity index is 451. The first-order valence-corrected chi connectivity index (χ1v) is 6.20. The van der Waals surface area contributed by atoms with Gasteiger partial charge in [0.05, 0.1) is 10.6 Å². The smallest absolute Gasteiger partial charge is 0.253 e. The molecule has 0 heterocycles. The van der Waals surface area contributed by atoms with Gasteiger partial charge < -0.3 is 5.32 Å². The van der Waals surface area contributed by atoms with Crippen LogP contribution in [-0.4, -0.2) is 11.9 Å². The van der Waals surface area contributed by atoms with Crippen LogP contribution in [-0.2, 0) is 0 Å². The highest BCUT2D eigenvalue weighted by atomic mass is 35.5. The molecule has 1 amide bonds. The average molecular weight is 276 g/mol. The number of benzene rings is 1. The number of nitrogens with one attached hydrogen (secondary N) is 1. The Balaban J connectivity index is 2.88. The van der Waals surface area contributed by atoms with Crippen LogP contribution in [0.25, 0.3) is 0 Å². The Kier molecular flexibility index (Phi) is 5.08. The molecule has 2 nitrogen and oxygen atoms in total. The molecule has 100 valence electrons. The predicted octanol–water partition coefficient (Wildman–Crippen LogP) is 3.78. The molecule has 0 aliphatic carbocycles. The number of carbonyl (C=O) groups is 1. The third-order valence-electron chi connectivity index (χ3n) is 3.11. The molecule has 1 rings (SSSR count). The lowest BCUT2D eigenvalue weighted by Crippen LogP contribution is -2.37. The summed E-state index contributed by atoms with van der Waals surface area (Å²) in [7, 11) is 0. The first kappa shape index (κ1) is 14.9. The van der Waals surface area contributed by atoms with Gasteiger partial charge in [-0.15, -0.1) is 0 Å². The van der Waals surface area contributed by atoms with Crippen molar-refractivity contribution in [1.29, 1.82) is 0 Å². The van der Waals surface area contributed by atoms with Crippen molar-refractivity contribution >= 4 is 17.5 Å². The minimum absolute atomic E-state index is 0.0503. The van der Waals surface area contributed by atoms with Crippen LogP contribution in [0.2, 0.25) is 5.02 Å². The number of hydrogen-bond donors (Lipinski definition) is 1. The first-order valence-electron chi connectivity index (χ1n) is 5.82. The summed E-state index contributed by atoms with van der Waals surface area (Å²) >= 11 is 5.73. The van der Waals surface area contributed by atoms with E-state index in [0.717, 1.165) is 18.6 Å². The second kappa shape index (κ2) is 6.14. The predicted molar refractivity (Wildman–Crippen MR) is 67.8 cm³/mol. The molecule has 1 aromatic carbocycles. The third kappa shape index (κ3) is 3.42. The molecule has 2 atom stereocenters. The Labute approximate surface area is 110 Å². The lowest BCUT2D eigenvalue weighted by Gasteiger charge is -2.20. The standard InChI is InChI=1S/C13H16ClF2NO/c1-4-7(2)8(3)17-13(18)9-5-11(15)12(16)6-10(9)14/h5-8H,4H2,1-3H3,(H,17,18). The van der Waals surface area contributed by atoms with Crippen molar-refractivity contribution in [2.45, 2.75) is 33.2 Å². The van der Waals surface area contributed by atoms with E-state index in [0.29, 0.717) is 0 Å². The van der Waals surface area contributed by atoms with Crippen molar-refractivity contribution in [3.05, 3.63) is 34.4 Å². The molecule has 1 N–H and O–H groups in total. The lowest BCUT2D eigenvalue weighted by atomic mass is 10.0. The van der Waals surface area contributed by atoms with E-state index in [1.54, 1.807) is 0 Å². The highest BCUT2D eigenvalue weighted by Crippen LogP contribution is 2.20. The van der Waals surface area contributed by atoms with Crippen LogP contribution in [0.5, 0.6) is 0 Å². The molecule has 1 aromatic rings. The summed E-state index contributed by atoms with van der Waals surface area (Å²) in [6.45, 7) is 5.87. The Morgan fingerprint density at radius 3 is 2.44 bits per heavy atom. The second-order valence-electron chi connectivity index (χ2n) is 4.39. The maximum Gasteiger partial charge on any atom is 0.253 e. The van der Waals surface area contributed by atoms with Gasteiger partial charge in [-0.2, -0.15) is 0 Å². The first-order chi connectivity index (χ1) is 8.36. The van der Waals surface area contributed by atoms with Crippen molar-refractivity contribution in [3.63, 3.8) is 0 Å². The van der Waals surface area contributed by atoms with Crippen molar-refractivity contribution in [3.8, 4) is 0 Å². The highest BCUT2D eigenvalue weighted by molar-refractivity contribution is 6.33. The second-order valence-corrected chi connectivity index (χ2v) is 4.80. The molecule has 0 aliphatic heterocycles. The van der Waals surface area contributed by atoms with Crippen LogP contribution >= 0.6 is 11.6 Å². The van der Waals surface area contributed by atoms with Crippen molar-refractivity contribution in [2.24, 2.45) is 5.92 Å². The van der Waals surface area contributed by atoms with Gasteiger partial charge in [0.2, 0.25) is 0 Å². The number of halogens is 3. The van der Waals surface area contributed by atoms with E-state index in [4.69, 9.17) is 11.6 Å². The van der Waals surface area contributed by atoms with Crippen LogP contribution in [0.3, 0.4) is 0 Å². The van der Waals surface area contributed by atoms with Crippen molar-refractivity contribution in [2.75, 3.05) is 0 Å². The van der Waals surface area contributed by atoms with Crippen LogP contribution < -0.4 is 5.32 Å². The molecule has 5 heteroatoms. The maximum atomic E-state index is 13.1. The summed E-state index contributed by atoms with van der Waals surface area (Å²) in [5, 5.41) is 2.63. The normalized spacial score (nSPS) is 14.1. The van der Waals surface area contributed by atoms with Gasteiger partial charge in [-0.1, -0.05) is 31.9 Å². The number of carbonyl (C=O) groups excluding carboxylic acids is 1. The van der Waals surface area contributed by atoms with E-state index in [1.165, 1.54) is 0 Å². The molecule has 0 aliphatic rings. The molecular weight excluding hydrogens is 260 g/mol. The Morgan fingerprint density at radius 1 is 1.33 bits per heavy atom. The summed E-state index contributed by atoms with van der Waals surface area (Å²) < 4.78 is 25.9. The molecule has 0 aromatic heterocycles. The maximum absolute atomic E-state index is 13.1. The highest BCUT2D eigenvalue weighted by Gasteiger charge is 2.18. The Hall–Kier alpha value is -1.16. The minimum atomic E-state index is -1.08. The monoisotopic (exact) mass is 275 g/mol. The third-order valence-corrected chi connectivity index (χ3v) is 3.42. The zero-order chi connectivity index (χ0) is 13.9. The fourth-order valence-corrected chi connectivity index (χ4v) is 1.71. The number of hydrogen-bond acceptors (Lipinski definition) is 1. The van der Waals surface area contributed by atoms with Gasteiger partial charge in [-0.25, -0.2) is 8.78 Å². The number of rotatable bonds is 4. The summed E-state index contributed by atoms with van der Waals surface area (Å²) in [6, 6.07) is 1.56. The summed E-state index contributed by atoms with van der Waals surface area (Å²) in [5.41, 5.74) is -0.0503. The lowest BCUT2D eigenvalue weighted by molar-refractivity contribution is 0.0927. The van der Waals surface area contributed by atoms with E-state index in [2.05, 4.69) is 5.32 Å².